The number of imidazole rings is 1. The van der Waals surface area contributed by atoms with Crippen LogP contribution in [0, 0.1) is 6.92 Å². The zero-order valence-electron chi connectivity index (χ0n) is 14.5. The first-order chi connectivity index (χ1) is 12.0. The van der Waals surface area contributed by atoms with E-state index < -0.39 is 0 Å². The van der Waals surface area contributed by atoms with Gasteiger partial charge in [0.25, 0.3) is 11.5 Å². The number of hydrogen-bond donors (Lipinski definition) is 2. The van der Waals surface area contributed by atoms with Gasteiger partial charge < -0.3 is 14.9 Å². The quantitative estimate of drug-likeness (QED) is 0.661. The summed E-state index contributed by atoms with van der Waals surface area (Å²) in [5.74, 6) is 1.27. The van der Waals surface area contributed by atoms with E-state index in [0.29, 0.717) is 33.1 Å². The van der Waals surface area contributed by atoms with E-state index >= 15 is 0 Å². The first-order valence-corrected chi connectivity index (χ1v) is 9.06. The normalized spacial score (nSPS) is 11.4. The molecular weight excluding hydrogens is 338 g/mol. The van der Waals surface area contributed by atoms with Gasteiger partial charge in [-0.3, -0.25) is 9.59 Å². The highest BCUT2D eigenvalue weighted by atomic mass is 32.1. The number of amides is 1. The fraction of sp³-hybridized carbons (Fsp3) is 0.412. The molecule has 3 rings (SSSR count). The third-order valence-electron chi connectivity index (χ3n) is 4.06. The fourth-order valence-corrected chi connectivity index (χ4v) is 3.90. The maximum absolute atomic E-state index is 12.4. The van der Waals surface area contributed by atoms with E-state index in [0.717, 1.165) is 18.8 Å². The fourth-order valence-electron chi connectivity index (χ4n) is 2.84. The third-order valence-corrected chi connectivity index (χ3v) is 5.26. The maximum Gasteiger partial charge on any atom is 0.261 e. The second-order valence-electron chi connectivity index (χ2n) is 6.21. The van der Waals surface area contributed by atoms with Gasteiger partial charge in [-0.05, 0) is 18.9 Å². The summed E-state index contributed by atoms with van der Waals surface area (Å²) in [5.41, 5.74) is 0.475. The number of H-pyrrole nitrogens is 1. The number of thiophene rings is 1. The van der Waals surface area contributed by atoms with E-state index in [1.165, 1.54) is 17.7 Å². The Kier molecular flexibility index (Phi) is 4.98. The smallest absolute Gasteiger partial charge is 0.261 e. The van der Waals surface area contributed by atoms with Crippen molar-refractivity contribution in [2.75, 3.05) is 6.54 Å². The number of carbonyl (C=O) groups is 1. The van der Waals surface area contributed by atoms with Crippen LogP contribution in [0.1, 0.15) is 47.2 Å². The molecule has 132 valence electrons. The van der Waals surface area contributed by atoms with Crippen molar-refractivity contribution in [3.05, 3.63) is 45.3 Å². The SMILES string of the molecule is Cc1c(C(=O)NCCCn2ccnc2C(C)C)sc2nc[nH]c(=O)c12. The lowest BCUT2D eigenvalue weighted by Crippen LogP contribution is -2.25. The molecule has 0 fully saturated rings. The van der Waals surface area contributed by atoms with Gasteiger partial charge in [0.05, 0.1) is 16.6 Å². The molecule has 0 unspecified atom stereocenters. The number of aryl methyl sites for hydroxylation is 2. The van der Waals surface area contributed by atoms with E-state index in [4.69, 9.17) is 0 Å². The van der Waals surface area contributed by atoms with E-state index in [9.17, 15) is 9.59 Å². The summed E-state index contributed by atoms with van der Waals surface area (Å²) in [6.45, 7) is 7.37. The van der Waals surface area contributed by atoms with Crippen molar-refractivity contribution in [1.29, 1.82) is 0 Å². The van der Waals surface area contributed by atoms with Crippen molar-refractivity contribution in [2.45, 2.75) is 39.7 Å². The Hall–Kier alpha value is -2.48. The van der Waals surface area contributed by atoms with Crippen LogP contribution in [0.25, 0.3) is 10.2 Å². The number of rotatable bonds is 6. The van der Waals surface area contributed by atoms with Gasteiger partial charge in [0.15, 0.2) is 0 Å². The topological polar surface area (TPSA) is 92.7 Å². The van der Waals surface area contributed by atoms with Crippen molar-refractivity contribution in [3.8, 4) is 0 Å². The average molecular weight is 359 g/mol. The Balaban J connectivity index is 1.62. The molecule has 0 aromatic carbocycles. The average Bonchev–Trinajstić information content (AvgIpc) is 3.17. The molecule has 0 saturated heterocycles. The molecular formula is C17H21N5O2S. The van der Waals surface area contributed by atoms with Crippen LogP contribution in [0.5, 0.6) is 0 Å². The lowest BCUT2D eigenvalue weighted by molar-refractivity contribution is 0.0956. The van der Waals surface area contributed by atoms with Crippen LogP contribution in [0.15, 0.2) is 23.5 Å². The molecule has 0 spiro atoms. The van der Waals surface area contributed by atoms with Crippen molar-refractivity contribution in [3.63, 3.8) is 0 Å². The molecule has 0 saturated carbocycles. The molecule has 7 nitrogen and oxygen atoms in total. The summed E-state index contributed by atoms with van der Waals surface area (Å²) in [6, 6.07) is 0. The lowest BCUT2D eigenvalue weighted by Gasteiger charge is -2.10. The van der Waals surface area contributed by atoms with E-state index in [-0.39, 0.29) is 11.5 Å². The summed E-state index contributed by atoms with van der Waals surface area (Å²) in [6.07, 6.45) is 5.94. The Labute approximate surface area is 149 Å². The van der Waals surface area contributed by atoms with Crippen LogP contribution in [-0.4, -0.2) is 32.0 Å². The van der Waals surface area contributed by atoms with Gasteiger partial charge in [0.1, 0.15) is 10.7 Å². The highest BCUT2D eigenvalue weighted by Crippen LogP contribution is 2.26. The number of nitrogens with one attached hydrogen (secondary N) is 2. The minimum atomic E-state index is -0.209. The number of hydrogen-bond acceptors (Lipinski definition) is 5. The summed E-state index contributed by atoms with van der Waals surface area (Å²) >= 11 is 1.25. The Morgan fingerprint density at radius 2 is 2.20 bits per heavy atom. The Bertz CT molecular complexity index is 954. The molecule has 2 N–H and O–H groups in total. The monoisotopic (exact) mass is 359 g/mol. The number of carbonyl (C=O) groups excluding carboxylic acids is 1. The summed E-state index contributed by atoms with van der Waals surface area (Å²) < 4.78 is 2.12. The standard InChI is InChI=1S/C17H21N5O2S/c1-10(2)14-18-6-8-22(14)7-4-5-19-16(24)13-11(3)12-15(23)20-9-21-17(12)25-13/h6,8-10H,4-5,7H2,1-3H3,(H,19,24)(H,20,21,23). The molecule has 25 heavy (non-hydrogen) atoms. The van der Waals surface area contributed by atoms with Crippen molar-refractivity contribution < 1.29 is 4.79 Å². The number of nitrogens with zero attached hydrogens (tertiary/aromatic N) is 3. The zero-order valence-corrected chi connectivity index (χ0v) is 15.3. The highest BCUT2D eigenvalue weighted by molar-refractivity contribution is 7.20. The van der Waals surface area contributed by atoms with Crippen molar-refractivity contribution >= 4 is 27.5 Å². The van der Waals surface area contributed by atoms with Crippen LogP contribution >= 0.6 is 11.3 Å². The van der Waals surface area contributed by atoms with Crippen LogP contribution in [0.2, 0.25) is 0 Å². The predicted octanol–water partition coefficient (Wildman–Crippen LogP) is 2.43. The van der Waals surface area contributed by atoms with Gasteiger partial charge in [-0.15, -0.1) is 11.3 Å². The summed E-state index contributed by atoms with van der Waals surface area (Å²) in [4.78, 5) is 36.5. The van der Waals surface area contributed by atoms with Crippen LogP contribution in [-0.2, 0) is 6.54 Å². The van der Waals surface area contributed by atoms with Crippen LogP contribution in [0.3, 0.4) is 0 Å². The zero-order chi connectivity index (χ0) is 18.0. The summed E-state index contributed by atoms with van der Waals surface area (Å²) in [7, 11) is 0. The van der Waals surface area contributed by atoms with Gasteiger partial charge in [-0.2, -0.15) is 0 Å². The minimum absolute atomic E-state index is 0.158. The van der Waals surface area contributed by atoms with Crippen LogP contribution < -0.4 is 10.9 Å². The van der Waals surface area contributed by atoms with E-state index in [1.54, 1.807) is 13.1 Å². The Morgan fingerprint density at radius 3 is 2.92 bits per heavy atom. The number of aromatic amines is 1. The molecule has 1 amide bonds. The molecule has 0 aliphatic carbocycles. The number of fused-ring (bicyclic) bond motifs is 1. The predicted molar refractivity (Wildman–Crippen MR) is 98.2 cm³/mol. The largest absolute Gasteiger partial charge is 0.351 e. The molecule has 3 heterocycles. The molecule has 0 aliphatic heterocycles. The van der Waals surface area contributed by atoms with Gasteiger partial charge in [-0.25, -0.2) is 9.97 Å². The molecule has 0 aliphatic rings. The van der Waals surface area contributed by atoms with E-state index in [2.05, 4.69) is 38.7 Å². The van der Waals surface area contributed by atoms with Gasteiger partial charge in [0.2, 0.25) is 0 Å². The van der Waals surface area contributed by atoms with Gasteiger partial charge >= 0.3 is 0 Å². The first-order valence-electron chi connectivity index (χ1n) is 8.25. The van der Waals surface area contributed by atoms with E-state index in [1.807, 2.05) is 6.20 Å². The minimum Gasteiger partial charge on any atom is -0.351 e. The maximum atomic E-state index is 12.4. The molecule has 0 radical (unpaired) electrons. The van der Waals surface area contributed by atoms with Crippen LogP contribution in [0.4, 0.5) is 0 Å². The van der Waals surface area contributed by atoms with Crippen molar-refractivity contribution in [2.24, 2.45) is 0 Å². The Morgan fingerprint density at radius 1 is 1.40 bits per heavy atom. The van der Waals surface area contributed by atoms with Gasteiger partial charge in [0, 0.05) is 31.4 Å². The molecule has 3 aromatic rings. The lowest BCUT2D eigenvalue weighted by atomic mass is 10.2. The van der Waals surface area contributed by atoms with Crippen molar-refractivity contribution in [1.82, 2.24) is 24.8 Å². The second kappa shape index (κ2) is 7.18. The number of aromatic nitrogens is 4. The second-order valence-corrected chi connectivity index (χ2v) is 7.21. The van der Waals surface area contributed by atoms with Gasteiger partial charge in [-0.1, -0.05) is 13.8 Å². The molecule has 0 bridgehead atoms. The first kappa shape index (κ1) is 17.3. The summed E-state index contributed by atoms with van der Waals surface area (Å²) in [5, 5.41) is 3.43. The molecule has 3 aromatic heterocycles. The molecule has 0 atom stereocenters. The highest BCUT2D eigenvalue weighted by Gasteiger charge is 2.17. The molecule has 8 heteroatoms. The third kappa shape index (κ3) is 3.48.